The Hall–Kier alpha value is -3.32. The highest BCUT2D eigenvalue weighted by atomic mass is 35.5. The normalized spacial score (nSPS) is 13.5. The number of nitrogens with one attached hydrogen (secondary N) is 2. The molecule has 0 saturated carbocycles. The number of carbonyl (C=O) groups is 3. The Morgan fingerprint density at radius 2 is 1.64 bits per heavy atom. The molecule has 0 unspecified atom stereocenters. The van der Waals surface area contributed by atoms with Gasteiger partial charge in [0.2, 0.25) is 0 Å². The topological polar surface area (TPSA) is 78.5 Å². The molecule has 1 aliphatic heterocycles. The molecular weight excluding hydrogens is 485 g/mol. The van der Waals surface area contributed by atoms with Crippen molar-refractivity contribution in [3.05, 3.63) is 98.6 Å². The van der Waals surface area contributed by atoms with Crippen LogP contribution in [0, 0.1) is 6.92 Å². The highest BCUT2D eigenvalue weighted by molar-refractivity contribution is 6.53. The molecule has 1 heterocycles. The fraction of sp³-hybridized carbons (Fsp3) is 0.0417. The monoisotopic (exact) mass is 499 g/mol. The van der Waals surface area contributed by atoms with Crippen LogP contribution in [0.4, 0.5) is 17.1 Å². The smallest absolute Gasteiger partial charge is 0.283 e. The minimum Gasteiger partial charge on any atom is -0.350 e. The van der Waals surface area contributed by atoms with E-state index >= 15 is 0 Å². The van der Waals surface area contributed by atoms with Crippen molar-refractivity contribution in [3.8, 4) is 0 Å². The Labute approximate surface area is 204 Å². The Balaban J connectivity index is 1.57. The number of aryl methyl sites for hydroxylation is 1. The lowest BCUT2D eigenvalue weighted by atomic mass is 10.1. The molecule has 4 rings (SSSR count). The molecule has 0 radical (unpaired) electrons. The number of hydrogen-bond donors (Lipinski definition) is 2. The number of anilines is 3. The van der Waals surface area contributed by atoms with Crippen molar-refractivity contribution >= 4 is 69.6 Å². The number of para-hydroxylation sites is 1. The van der Waals surface area contributed by atoms with E-state index in [1.807, 2.05) is 0 Å². The van der Waals surface area contributed by atoms with Gasteiger partial charge in [0.05, 0.1) is 16.4 Å². The largest absolute Gasteiger partial charge is 0.350 e. The van der Waals surface area contributed by atoms with Gasteiger partial charge in [-0.15, -0.1) is 0 Å². The van der Waals surface area contributed by atoms with Crippen LogP contribution in [0.15, 0.2) is 77.5 Å². The molecule has 6 nitrogen and oxygen atoms in total. The van der Waals surface area contributed by atoms with Crippen LogP contribution in [0.5, 0.6) is 0 Å². The molecule has 9 heteroatoms. The van der Waals surface area contributed by atoms with E-state index in [4.69, 9.17) is 34.8 Å². The van der Waals surface area contributed by atoms with E-state index in [9.17, 15) is 14.4 Å². The van der Waals surface area contributed by atoms with Gasteiger partial charge in [0.15, 0.2) is 0 Å². The van der Waals surface area contributed by atoms with Crippen LogP contribution in [0.2, 0.25) is 10.0 Å². The summed E-state index contributed by atoms with van der Waals surface area (Å²) in [5.41, 5.74) is 2.13. The van der Waals surface area contributed by atoms with E-state index in [0.29, 0.717) is 38.2 Å². The summed E-state index contributed by atoms with van der Waals surface area (Å²) < 4.78 is 0. The third-order valence-corrected chi connectivity index (χ3v) is 5.87. The molecule has 0 aromatic heterocycles. The minimum atomic E-state index is -0.665. The fourth-order valence-corrected chi connectivity index (χ4v) is 3.86. The van der Waals surface area contributed by atoms with Gasteiger partial charge in [-0.25, -0.2) is 4.90 Å². The number of rotatable bonds is 5. The number of amides is 3. The zero-order chi connectivity index (χ0) is 23.7. The Morgan fingerprint density at radius 3 is 2.39 bits per heavy atom. The van der Waals surface area contributed by atoms with Crippen LogP contribution in [-0.2, 0) is 9.59 Å². The number of imide groups is 1. The van der Waals surface area contributed by atoms with E-state index in [0.717, 1.165) is 4.90 Å². The van der Waals surface area contributed by atoms with E-state index in [1.54, 1.807) is 61.5 Å². The molecule has 0 fully saturated rings. The summed E-state index contributed by atoms with van der Waals surface area (Å²) in [5.74, 6) is -1.68. The molecule has 166 valence electrons. The molecule has 0 saturated heterocycles. The van der Waals surface area contributed by atoms with Gasteiger partial charge in [0.1, 0.15) is 10.7 Å². The van der Waals surface area contributed by atoms with E-state index in [-0.39, 0.29) is 10.7 Å². The van der Waals surface area contributed by atoms with Crippen molar-refractivity contribution < 1.29 is 14.4 Å². The predicted octanol–water partition coefficient (Wildman–Crippen LogP) is 5.99. The summed E-state index contributed by atoms with van der Waals surface area (Å²) in [5, 5.41) is 6.13. The summed E-state index contributed by atoms with van der Waals surface area (Å²) in [4.78, 5) is 39.4. The zero-order valence-electron chi connectivity index (χ0n) is 17.2. The molecule has 0 atom stereocenters. The van der Waals surface area contributed by atoms with Crippen LogP contribution < -0.4 is 15.5 Å². The summed E-state index contributed by atoms with van der Waals surface area (Å²) in [6.45, 7) is 1.76. The predicted molar refractivity (Wildman–Crippen MR) is 131 cm³/mol. The molecule has 0 bridgehead atoms. The van der Waals surface area contributed by atoms with Crippen LogP contribution >= 0.6 is 34.8 Å². The highest BCUT2D eigenvalue weighted by Gasteiger charge is 2.39. The van der Waals surface area contributed by atoms with Crippen molar-refractivity contribution in [1.29, 1.82) is 0 Å². The first-order chi connectivity index (χ1) is 15.8. The molecule has 3 amide bonds. The minimum absolute atomic E-state index is 0.0929. The molecule has 0 aliphatic carbocycles. The van der Waals surface area contributed by atoms with Gasteiger partial charge < -0.3 is 10.6 Å². The highest BCUT2D eigenvalue weighted by Crippen LogP contribution is 2.33. The van der Waals surface area contributed by atoms with Gasteiger partial charge in [-0.05, 0) is 55.0 Å². The number of nitrogens with zero attached hydrogens (tertiary/aromatic N) is 1. The Kier molecular flexibility index (Phi) is 6.42. The summed E-state index contributed by atoms with van der Waals surface area (Å²) in [7, 11) is 0. The second-order valence-electron chi connectivity index (χ2n) is 7.21. The van der Waals surface area contributed by atoms with Crippen molar-refractivity contribution in [1.82, 2.24) is 0 Å². The van der Waals surface area contributed by atoms with Crippen LogP contribution in [0.1, 0.15) is 15.9 Å². The van der Waals surface area contributed by atoms with E-state index in [2.05, 4.69) is 10.6 Å². The standard InChI is InChI=1S/C24H16Cl3N3O3/c1-13-9-10-15(25)12-19(13)30-23(32)20(27)21(24(30)33)28-16-6-4-5-14(11-16)22(31)29-18-8-3-2-7-17(18)26/h2-12,28H,1H3,(H,29,31). The summed E-state index contributed by atoms with van der Waals surface area (Å²) >= 11 is 18.4. The van der Waals surface area contributed by atoms with Gasteiger partial charge in [0.25, 0.3) is 17.7 Å². The third kappa shape index (κ3) is 4.59. The molecular formula is C24H16Cl3N3O3. The molecule has 0 spiro atoms. The summed E-state index contributed by atoms with van der Waals surface area (Å²) in [6.07, 6.45) is 0. The number of carbonyl (C=O) groups excluding carboxylic acids is 3. The summed E-state index contributed by atoms with van der Waals surface area (Å²) in [6, 6.07) is 18.2. The van der Waals surface area contributed by atoms with Crippen LogP contribution in [-0.4, -0.2) is 17.7 Å². The van der Waals surface area contributed by atoms with Crippen molar-refractivity contribution in [2.75, 3.05) is 15.5 Å². The molecule has 3 aromatic carbocycles. The maximum absolute atomic E-state index is 13.1. The van der Waals surface area contributed by atoms with Gasteiger partial charge >= 0.3 is 0 Å². The maximum Gasteiger partial charge on any atom is 0.283 e. The third-order valence-electron chi connectivity index (χ3n) is 4.96. The average molecular weight is 501 g/mol. The van der Waals surface area contributed by atoms with Crippen molar-refractivity contribution in [3.63, 3.8) is 0 Å². The zero-order valence-corrected chi connectivity index (χ0v) is 19.4. The molecule has 3 aromatic rings. The first-order valence-electron chi connectivity index (χ1n) is 9.74. The Bertz CT molecular complexity index is 1340. The van der Waals surface area contributed by atoms with Gasteiger partial charge in [-0.3, -0.25) is 14.4 Å². The van der Waals surface area contributed by atoms with Crippen molar-refractivity contribution in [2.45, 2.75) is 6.92 Å². The number of benzene rings is 3. The van der Waals surface area contributed by atoms with Crippen LogP contribution in [0.3, 0.4) is 0 Å². The fourth-order valence-electron chi connectivity index (χ4n) is 3.29. The molecule has 2 N–H and O–H groups in total. The van der Waals surface area contributed by atoms with Crippen LogP contribution in [0.25, 0.3) is 0 Å². The quantitative estimate of drug-likeness (QED) is 0.422. The average Bonchev–Trinajstić information content (AvgIpc) is 3.00. The van der Waals surface area contributed by atoms with Gasteiger partial charge in [0, 0.05) is 16.3 Å². The second kappa shape index (κ2) is 9.27. The second-order valence-corrected chi connectivity index (χ2v) is 8.43. The number of halogens is 3. The lowest BCUT2D eigenvalue weighted by Crippen LogP contribution is -2.32. The van der Waals surface area contributed by atoms with E-state index < -0.39 is 17.7 Å². The lowest BCUT2D eigenvalue weighted by molar-refractivity contribution is -0.120. The SMILES string of the molecule is Cc1ccc(Cl)cc1N1C(=O)C(Cl)=C(Nc2cccc(C(=O)Nc3ccccc3Cl)c2)C1=O. The molecule has 1 aliphatic rings. The maximum atomic E-state index is 13.1. The van der Waals surface area contributed by atoms with E-state index in [1.165, 1.54) is 12.1 Å². The number of hydrogen-bond acceptors (Lipinski definition) is 4. The van der Waals surface area contributed by atoms with Gasteiger partial charge in [-0.2, -0.15) is 0 Å². The first kappa shape index (κ1) is 22.9. The van der Waals surface area contributed by atoms with Crippen molar-refractivity contribution in [2.24, 2.45) is 0 Å². The molecule has 33 heavy (non-hydrogen) atoms. The Morgan fingerprint density at radius 1 is 0.879 bits per heavy atom. The van der Waals surface area contributed by atoms with Gasteiger partial charge in [-0.1, -0.05) is 59.1 Å². The first-order valence-corrected chi connectivity index (χ1v) is 10.9. The lowest BCUT2D eigenvalue weighted by Gasteiger charge is -2.18.